The molecule has 0 amide bonds. The van der Waals surface area contributed by atoms with Crippen LogP contribution in [0.4, 0.5) is 0 Å². The van der Waals surface area contributed by atoms with Crippen LogP contribution >= 0.6 is 0 Å². The Morgan fingerprint density at radius 2 is 1.78 bits per heavy atom. The second kappa shape index (κ2) is 9.97. The monoisotopic (exact) mass is 367 g/mol. The molecule has 0 atom stereocenters. The van der Waals surface area contributed by atoms with Gasteiger partial charge >= 0.3 is 0 Å². The minimum atomic E-state index is -0.144. The molecule has 0 heterocycles. The first-order valence-electron chi connectivity index (χ1n) is 9.77. The third-order valence-electron chi connectivity index (χ3n) is 4.68. The summed E-state index contributed by atoms with van der Waals surface area (Å²) >= 11 is 0. The van der Waals surface area contributed by atoms with Gasteiger partial charge in [0.25, 0.3) is 0 Å². The van der Waals surface area contributed by atoms with Gasteiger partial charge in [0.15, 0.2) is 5.96 Å². The Labute approximate surface area is 161 Å². The van der Waals surface area contributed by atoms with E-state index in [0.29, 0.717) is 12.6 Å². The molecule has 1 saturated carbocycles. The summed E-state index contributed by atoms with van der Waals surface area (Å²) in [7, 11) is 0. The normalized spacial score (nSPS) is 20.1. The van der Waals surface area contributed by atoms with Crippen LogP contribution in [0.2, 0.25) is 0 Å². The number of aliphatic imine (C=N–C) groups is 1. The maximum atomic E-state index is 9.66. The van der Waals surface area contributed by atoms with Crippen LogP contribution in [-0.2, 0) is 6.54 Å². The number of benzene rings is 2. The Bertz CT molecular complexity index is 725. The molecule has 0 spiro atoms. The fourth-order valence-corrected chi connectivity index (χ4v) is 3.24. The lowest BCUT2D eigenvalue weighted by Gasteiger charge is -2.27. The maximum absolute atomic E-state index is 9.66. The van der Waals surface area contributed by atoms with Crippen LogP contribution in [0.1, 0.15) is 38.2 Å². The topological polar surface area (TPSA) is 65.9 Å². The van der Waals surface area contributed by atoms with Crippen LogP contribution in [0, 0.1) is 0 Å². The summed E-state index contributed by atoms with van der Waals surface area (Å²) in [6, 6.07) is 18.2. The smallest absolute Gasteiger partial charge is 0.191 e. The average molecular weight is 367 g/mol. The van der Waals surface area contributed by atoms with Crippen LogP contribution < -0.4 is 15.4 Å². The van der Waals surface area contributed by atoms with Crippen molar-refractivity contribution in [2.24, 2.45) is 4.99 Å². The van der Waals surface area contributed by atoms with Gasteiger partial charge in [-0.1, -0.05) is 30.3 Å². The summed E-state index contributed by atoms with van der Waals surface area (Å²) in [6.45, 7) is 3.46. The van der Waals surface area contributed by atoms with Crippen LogP contribution in [0.25, 0.3) is 0 Å². The highest BCUT2D eigenvalue weighted by atomic mass is 16.5. The highest BCUT2D eigenvalue weighted by Gasteiger charge is 2.19. The number of rotatable bonds is 6. The fraction of sp³-hybridized carbons (Fsp3) is 0.409. The van der Waals surface area contributed by atoms with Crippen molar-refractivity contribution in [2.45, 2.75) is 51.3 Å². The predicted molar refractivity (Wildman–Crippen MR) is 109 cm³/mol. The zero-order valence-electron chi connectivity index (χ0n) is 15.9. The molecule has 144 valence electrons. The Morgan fingerprint density at radius 1 is 1.04 bits per heavy atom. The number of ether oxygens (including phenoxy) is 1. The van der Waals surface area contributed by atoms with E-state index < -0.39 is 0 Å². The molecule has 0 radical (unpaired) electrons. The number of para-hydroxylation sites is 1. The fourth-order valence-electron chi connectivity index (χ4n) is 3.24. The van der Waals surface area contributed by atoms with E-state index in [1.54, 1.807) is 0 Å². The molecule has 1 fully saturated rings. The van der Waals surface area contributed by atoms with Crippen LogP contribution in [0.3, 0.4) is 0 Å². The molecule has 0 aromatic heterocycles. The Balaban J connectivity index is 1.60. The maximum Gasteiger partial charge on any atom is 0.191 e. The van der Waals surface area contributed by atoms with Gasteiger partial charge in [0, 0.05) is 12.6 Å². The molecule has 3 rings (SSSR count). The lowest BCUT2D eigenvalue weighted by atomic mass is 9.93. The van der Waals surface area contributed by atoms with E-state index in [1.807, 2.05) is 48.5 Å². The molecular formula is C22H29N3O2. The van der Waals surface area contributed by atoms with E-state index >= 15 is 0 Å². The molecule has 27 heavy (non-hydrogen) atoms. The Morgan fingerprint density at radius 3 is 2.52 bits per heavy atom. The number of nitrogens with one attached hydrogen (secondary N) is 2. The second-order valence-corrected chi connectivity index (χ2v) is 6.91. The van der Waals surface area contributed by atoms with Gasteiger partial charge in [-0.2, -0.15) is 0 Å². The molecular weight excluding hydrogens is 338 g/mol. The zero-order valence-corrected chi connectivity index (χ0v) is 15.9. The molecule has 5 nitrogen and oxygen atoms in total. The van der Waals surface area contributed by atoms with Crippen molar-refractivity contribution in [3.05, 3.63) is 60.2 Å². The van der Waals surface area contributed by atoms with Gasteiger partial charge in [-0.05, 0) is 62.4 Å². The summed E-state index contributed by atoms with van der Waals surface area (Å²) in [5.41, 5.74) is 1.10. The number of aliphatic hydroxyl groups excluding tert-OH is 1. The first-order valence-corrected chi connectivity index (χ1v) is 9.77. The third-order valence-corrected chi connectivity index (χ3v) is 4.68. The predicted octanol–water partition coefficient (Wildman–Crippen LogP) is 3.84. The molecule has 0 bridgehead atoms. The highest BCUT2D eigenvalue weighted by Crippen LogP contribution is 2.22. The van der Waals surface area contributed by atoms with E-state index in [9.17, 15) is 5.11 Å². The molecule has 0 unspecified atom stereocenters. The lowest BCUT2D eigenvalue weighted by molar-refractivity contribution is 0.120. The van der Waals surface area contributed by atoms with Crippen molar-refractivity contribution in [2.75, 3.05) is 6.54 Å². The third kappa shape index (κ3) is 6.29. The zero-order chi connectivity index (χ0) is 18.9. The van der Waals surface area contributed by atoms with Gasteiger partial charge in [-0.15, -0.1) is 0 Å². The Kier molecular flexibility index (Phi) is 7.11. The van der Waals surface area contributed by atoms with Gasteiger partial charge in [-0.3, -0.25) is 0 Å². The summed E-state index contributed by atoms with van der Waals surface area (Å²) in [4.78, 5) is 4.72. The van der Waals surface area contributed by atoms with Crippen molar-refractivity contribution in [1.29, 1.82) is 0 Å². The van der Waals surface area contributed by atoms with Crippen molar-refractivity contribution in [3.63, 3.8) is 0 Å². The standard InChI is InChI=1S/C22H29N3O2/c1-2-23-22(25-18-11-13-19(26)14-12-18)24-16-17-7-6-10-21(15-17)27-20-8-4-3-5-9-20/h3-10,15,18-19,26H,2,11-14,16H2,1H3,(H2,23,24,25). The summed E-state index contributed by atoms with van der Waals surface area (Å²) < 4.78 is 5.90. The highest BCUT2D eigenvalue weighted by molar-refractivity contribution is 5.80. The Hall–Kier alpha value is -2.53. The van der Waals surface area contributed by atoms with Crippen LogP contribution in [-0.4, -0.2) is 29.8 Å². The molecule has 3 N–H and O–H groups in total. The minimum Gasteiger partial charge on any atom is -0.457 e. The van der Waals surface area contributed by atoms with Crippen molar-refractivity contribution in [3.8, 4) is 11.5 Å². The molecule has 0 aliphatic heterocycles. The molecule has 0 saturated heterocycles. The quantitative estimate of drug-likeness (QED) is 0.536. The van der Waals surface area contributed by atoms with Crippen molar-refractivity contribution >= 4 is 5.96 Å². The van der Waals surface area contributed by atoms with E-state index in [1.165, 1.54) is 0 Å². The average Bonchev–Trinajstić information content (AvgIpc) is 2.69. The first kappa shape index (κ1) is 19.2. The number of hydrogen-bond acceptors (Lipinski definition) is 3. The van der Waals surface area contributed by atoms with Gasteiger partial charge in [-0.25, -0.2) is 4.99 Å². The SMILES string of the molecule is CCNC(=NCc1cccc(Oc2ccccc2)c1)NC1CCC(O)CC1. The molecule has 1 aliphatic rings. The van der Waals surface area contributed by atoms with Gasteiger partial charge in [0.05, 0.1) is 12.6 Å². The number of aliphatic hydroxyl groups is 1. The summed E-state index contributed by atoms with van der Waals surface area (Å²) in [5, 5.41) is 16.5. The van der Waals surface area contributed by atoms with Crippen molar-refractivity contribution < 1.29 is 9.84 Å². The van der Waals surface area contributed by atoms with E-state index in [-0.39, 0.29) is 6.10 Å². The number of nitrogens with zero attached hydrogens (tertiary/aromatic N) is 1. The van der Waals surface area contributed by atoms with E-state index in [0.717, 1.165) is 55.3 Å². The molecule has 5 heteroatoms. The van der Waals surface area contributed by atoms with Gasteiger partial charge < -0.3 is 20.5 Å². The summed E-state index contributed by atoms with van der Waals surface area (Å²) in [6.07, 6.45) is 3.53. The summed E-state index contributed by atoms with van der Waals surface area (Å²) in [5.74, 6) is 2.47. The van der Waals surface area contributed by atoms with Gasteiger partial charge in [0.1, 0.15) is 11.5 Å². The van der Waals surface area contributed by atoms with Crippen LogP contribution in [0.15, 0.2) is 59.6 Å². The number of hydrogen-bond donors (Lipinski definition) is 3. The minimum absolute atomic E-state index is 0.144. The molecule has 2 aromatic carbocycles. The first-order chi connectivity index (χ1) is 13.2. The largest absolute Gasteiger partial charge is 0.457 e. The van der Waals surface area contributed by atoms with Crippen molar-refractivity contribution in [1.82, 2.24) is 10.6 Å². The second-order valence-electron chi connectivity index (χ2n) is 6.91. The van der Waals surface area contributed by atoms with Crippen LogP contribution in [0.5, 0.6) is 11.5 Å². The number of guanidine groups is 1. The van der Waals surface area contributed by atoms with E-state index in [2.05, 4.69) is 23.6 Å². The van der Waals surface area contributed by atoms with E-state index in [4.69, 9.17) is 9.73 Å². The lowest BCUT2D eigenvalue weighted by Crippen LogP contribution is -2.45. The molecule has 1 aliphatic carbocycles. The molecule has 2 aromatic rings. The van der Waals surface area contributed by atoms with Gasteiger partial charge in [0.2, 0.25) is 0 Å².